The zero-order valence-corrected chi connectivity index (χ0v) is 8.08. The Hall–Kier alpha value is -1.09. The van der Waals surface area contributed by atoms with Crippen molar-refractivity contribution in [3.63, 3.8) is 0 Å². The molecule has 0 amide bonds. The first kappa shape index (κ1) is 9.99. The van der Waals surface area contributed by atoms with Crippen molar-refractivity contribution in [2.45, 2.75) is 17.1 Å². The summed E-state index contributed by atoms with van der Waals surface area (Å²) in [6, 6.07) is 9.41. The third kappa shape index (κ3) is 3.03. The van der Waals surface area contributed by atoms with Crippen LogP contribution in [0.1, 0.15) is 6.92 Å². The molecule has 0 saturated carbocycles. The van der Waals surface area contributed by atoms with E-state index in [1.165, 1.54) is 18.7 Å². The van der Waals surface area contributed by atoms with E-state index in [2.05, 4.69) is 0 Å². The van der Waals surface area contributed by atoms with Gasteiger partial charge in [-0.3, -0.25) is 4.79 Å². The van der Waals surface area contributed by atoms with Crippen molar-refractivity contribution in [2.75, 3.05) is 0 Å². The first-order valence-corrected chi connectivity index (χ1v) is 4.79. The number of ketones is 1. The third-order valence-electron chi connectivity index (χ3n) is 1.53. The van der Waals surface area contributed by atoms with Crippen molar-refractivity contribution in [3.8, 4) is 0 Å². The molecular weight excluding hydrogens is 184 g/mol. The highest BCUT2D eigenvalue weighted by Crippen LogP contribution is 2.21. The Bertz CT molecular complexity index is 295. The summed E-state index contributed by atoms with van der Waals surface area (Å²) in [5.74, 6) is -0.108. The number of thioether (sulfide) groups is 1. The van der Waals surface area contributed by atoms with Crippen molar-refractivity contribution in [1.82, 2.24) is 0 Å². The van der Waals surface area contributed by atoms with Gasteiger partial charge in [-0.2, -0.15) is 0 Å². The Kier molecular flexibility index (Phi) is 3.71. The summed E-state index contributed by atoms with van der Waals surface area (Å²) in [4.78, 5) is 22.4. The Labute approximate surface area is 81.3 Å². The minimum absolute atomic E-state index is 0.108. The molecule has 0 radical (unpaired) electrons. The summed E-state index contributed by atoms with van der Waals surface area (Å²) >= 11 is 1.28. The van der Waals surface area contributed by atoms with Crippen LogP contribution < -0.4 is 0 Å². The fourth-order valence-corrected chi connectivity index (χ4v) is 1.68. The van der Waals surface area contributed by atoms with E-state index >= 15 is 0 Å². The van der Waals surface area contributed by atoms with Crippen LogP contribution in [-0.2, 0) is 9.59 Å². The molecule has 1 aromatic carbocycles. The minimum Gasteiger partial charge on any atom is -0.302 e. The normalized spacial score (nSPS) is 12.1. The lowest BCUT2D eigenvalue weighted by Gasteiger charge is -2.04. The Morgan fingerprint density at radius 2 is 2.00 bits per heavy atom. The molecule has 68 valence electrons. The maximum Gasteiger partial charge on any atom is 0.150 e. The van der Waals surface area contributed by atoms with E-state index in [0.29, 0.717) is 6.29 Å². The molecule has 0 spiro atoms. The average molecular weight is 194 g/mol. The van der Waals surface area contributed by atoms with Gasteiger partial charge >= 0.3 is 0 Å². The molecule has 1 aromatic rings. The first-order valence-electron chi connectivity index (χ1n) is 3.91. The molecule has 1 rings (SSSR count). The molecule has 13 heavy (non-hydrogen) atoms. The molecule has 1 atom stereocenters. The minimum atomic E-state index is -0.567. The van der Waals surface area contributed by atoms with Crippen LogP contribution in [-0.4, -0.2) is 17.3 Å². The number of hydrogen-bond donors (Lipinski definition) is 0. The summed E-state index contributed by atoms with van der Waals surface area (Å²) in [5.41, 5.74) is 0. The number of rotatable bonds is 4. The van der Waals surface area contributed by atoms with Crippen molar-refractivity contribution >= 4 is 23.8 Å². The third-order valence-corrected chi connectivity index (χ3v) is 2.77. The van der Waals surface area contributed by atoms with Crippen LogP contribution in [0.15, 0.2) is 35.2 Å². The Morgan fingerprint density at radius 3 is 2.46 bits per heavy atom. The highest BCUT2D eigenvalue weighted by atomic mass is 32.2. The topological polar surface area (TPSA) is 34.1 Å². The lowest BCUT2D eigenvalue weighted by molar-refractivity contribution is -0.119. The zero-order valence-electron chi connectivity index (χ0n) is 7.27. The Balaban J connectivity index is 2.67. The summed E-state index contributed by atoms with van der Waals surface area (Å²) in [5, 5.41) is -0.567. The lowest BCUT2D eigenvalue weighted by Crippen LogP contribution is -2.14. The van der Waals surface area contributed by atoms with E-state index in [-0.39, 0.29) is 5.78 Å². The summed E-state index contributed by atoms with van der Waals surface area (Å²) in [6.45, 7) is 1.43. The van der Waals surface area contributed by atoms with Crippen LogP contribution in [0.3, 0.4) is 0 Å². The number of Topliss-reactive ketones (excluding diaryl/α,β-unsaturated/α-hetero) is 1. The predicted octanol–water partition coefficient (Wildman–Crippen LogP) is 1.94. The Morgan fingerprint density at radius 1 is 1.38 bits per heavy atom. The molecule has 0 aliphatic rings. The van der Waals surface area contributed by atoms with Gasteiger partial charge in [0.2, 0.25) is 0 Å². The molecule has 2 nitrogen and oxygen atoms in total. The van der Waals surface area contributed by atoms with Gasteiger partial charge in [0, 0.05) is 4.90 Å². The van der Waals surface area contributed by atoms with Gasteiger partial charge in [-0.25, -0.2) is 0 Å². The molecule has 0 heterocycles. The molecule has 3 heteroatoms. The largest absolute Gasteiger partial charge is 0.302 e. The first-order chi connectivity index (χ1) is 6.24. The fraction of sp³-hybridized carbons (Fsp3) is 0.200. The lowest BCUT2D eigenvalue weighted by atomic mass is 10.3. The average Bonchev–Trinajstić information content (AvgIpc) is 2.15. The second-order valence-corrected chi connectivity index (χ2v) is 3.81. The van der Waals surface area contributed by atoms with Crippen molar-refractivity contribution in [2.24, 2.45) is 0 Å². The molecule has 0 fully saturated rings. The number of carbonyl (C=O) groups is 2. The predicted molar refractivity (Wildman–Crippen MR) is 52.8 cm³/mol. The molecule has 0 N–H and O–H groups in total. The van der Waals surface area contributed by atoms with Crippen molar-refractivity contribution in [3.05, 3.63) is 30.3 Å². The molecule has 0 aromatic heterocycles. The van der Waals surface area contributed by atoms with Gasteiger partial charge in [0.1, 0.15) is 17.3 Å². The van der Waals surface area contributed by atoms with E-state index < -0.39 is 5.25 Å². The van der Waals surface area contributed by atoms with Crippen LogP contribution in [0, 0.1) is 0 Å². The maximum absolute atomic E-state index is 10.9. The van der Waals surface area contributed by atoms with Gasteiger partial charge in [0.15, 0.2) is 0 Å². The quantitative estimate of drug-likeness (QED) is 0.417. The molecule has 1 unspecified atom stereocenters. The number of hydrogen-bond acceptors (Lipinski definition) is 3. The fourth-order valence-electron chi connectivity index (χ4n) is 0.852. The standard InChI is InChI=1S/C10H10O2S/c1-8(12)10(7-11)13-9-5-3-2-4-6-9/h2-7,10H,1H3. The van der Waals surface area contributed by atoms with Crippen LogP contribution >= 0.6 is 11.8 Å². The molecule has 0 aliphatic heterocycles. The van der Waals surface area contributed by atoms with Crippen molar-refractivity contribution < 1.29 is 9.59 Å². The zero-order chi connectivity index (χ0) is 9.68. The van der Waals surface area contributed by atoms with Crippen LogP contribution in [0.4, 0.5) is 0 Å². The number of aldehydes is 1. The van der Waals surface area contributed by atoms with Gasteiger partial charge < -0.3 is 4.79 Å². The monoisotopic (exact) mass is 194 g/mol. The van der Waals surface area contributed by atoms with E-state index in [9.17, 15) is 9.59 Å². The van der Waals surface area contributed by atoms with Crippen LogP contribution in [0.2, 0.25) is 0 Å². The van der Waals surface area contributed by atoms with E-state index in [1.807, 2.05) is 30.3 Å². The molecular formula is C10H10O2S. The van der Waals surface area contributed by atoms with Gasteiger partial charge in [0.25, 0.3) is 0 Å². The van der Waals surface area contributed by atoms with E-state index in [1.54, 1.807) is 0 Å². The summed E-state index contributed by atoms with van der Waals surface area (Å²) < 4.78 is 0. The SMILES string of the molecule is CC(=O)C(C=O)Sc1ccccc1. The van der Waals surface area contributed by atoms with E-state index in [0.717, 1.165) is 4.90 Å². The summed E-state index contributed by atoms with van der Waals surface area (Å²) in [7, 11) is 0. The number of benzene rings is 1. The van der Waals surface area contributed by atoms with Gasteiger partial charge in [0.05, 0.1) is 0 Å². The van der Waals surface area contributed by atoms with Gasteiger partial charge in [-0.15, -0.1) is 11.8 Å². The second kappa shape index (κ2) is 4.82. The van der Waals surface area contributed by atoms with Gasteiger partial charge in [-0.1, -0.05) is 18.2 Å². The maximum atomic E-state index is 10.9. The smallest absolute Gasteiger partial charge is 0.150 e. The highest BCUT2D eigenvalue weighted by molar-refractivity contribution is 8.01. The summed E-state index contributed by atoms with van der Waals surface area (Å²) in [6.07, 6.45) is 0.681. The molecule has 0 aliphatic carbocycles. The highest BCUT2D eigenvalue weighted by Gasteiger charge is 2.13. The second-order valence-electron chi connectivity index (χ2n) is 2.60. The van der Waals surface area contributed by atoms with Crippen LogP contribution in [0.25, 0.3) is 0 Å². The van der Waals surface area contributed by atoms with Gasteiger partial charge in [-0.05, 0) is 19.1 Å². The van der Waals surface area contributed by atoms with Crippen molar-refractivity contribution in [1.29, 1.82) is 0 Å². The molecule has 0 bridgehead atoms. The van der Waals surface area contributed by atoms with Crippen LogP contribution in [0.5, 0.6) is 0 Å². The van der Waals surface area contributed by atoms with E-state index in [4.69, 9.17) is 0 Å². The molecule has 0 saturated heterocycles. The number of carbonyl (C=O) groups excluding carboxylic acids is 2.